The van der Waals surface area contributed by atoms with E-state index in [-0.39, 0.29) is 0 Å². The van der Waals surface area contributed by atoms with Crippen LogP contribution in [0.1, 0.15) is 32.1 Å². The molecule has 0 spiro atoms. The third-order valence-electron chi connectivity index (χ3n) is 2.08. The van der Waals surface area contributed by atoms with Crippen LogP contribution in [0, 0.1) is 0 Å². The van der Waals surface area contributed by atoms with Gasteiger partial charge in [0, 0.05) is 6.54 Å². The summed E-state index contributed by atoms with van der Waals surface area (Å²) in [6, 6.07) is -0.419. The van der Waals surface area contributed by atoms with E-state index in [4.69, 9.17) is 5.73 Å². The van der Waals surface area contributed by atoms with Crippen molar-refractivity contribution in [3.63, 3.8) is 0 Å². The predicted octanol–water partition coefficient (Wildman–Crippen LogP) is 1.17. The number of nitrogens with one attached hydrogen (secondary N) is 1. The van der Waals surface area contributed by atoms with E-state index < -0.39 is 6.03 Å². The Morgan fingerprint density at radius 2 is 1.71 bits per heavy atom. The predicted molar refractivity (Wildman–Crippen MR) is 59.2 cm³/mol. The summed E-state index contributed by atoms with van der Waals surface area (Å²) in [6.07, 6.45) is 5.98. The highest BCUT2D eigenvalue weighted by Gasteiger charge is 1.93. The molecule has 4 nitrogen and oxygen atoms in total. The van der Waals surface area contributed by atoms with Crippen molar-refractivity contribution in [3.05, 3.63) is 0 Å². The zero-order valence-electron chi connectivity index (χ0n) is 9.38. The van der Waals surface area contributed by atoms with E-state index in [1.807, 2.05) is 0 Å². The zero-order chi connectivity index (χ0) is 10.8. The number of rotatable bonds is 8. The maximum atomic E-state index is 10.3. The first-order valence-corrected chi connectivity index (χ1v) is 5.31. The molecule has 0 bridgehead atoms. The second kappa shape index (κ2) is 8.81. The Bertz CT molecular complexity index is 148. The number of urea groups is 1. The van der Waals surface area contributed by atoms with Gasteiger partial charge < -0.3 is 16.0 Å². The van der Waals surface area contributed by atoms with Crippen molar-refractivity contribution in [2.75, 3.05) is 27.2 Å². The Hall–Kier alpha value is -0.770. The molecule has 0 aliphatic carbocycles. The van der Waals surface area contributed by atoms with Crippen LogP contribution in [0.4, 0.5) is 4.79 Å². The third kappa shape index (κ3) is 11.2. The Morgan fingerprint density at radius 1 is 1.14 bits per heavy atom. The summed E-state index contributed by atoms with van der Waals surface area (Å²) < 4.78 is 0. The minimum absolute atomic E-state index is 0.419. The SMILES string of the molecule is CN(C)CCCCCCCNC(N)=O. The number of nitrogens with two attached hydrogens (primary N) is 1. The number of hydrogen-bond donors (Lipinski definition) is 2. The average molecular weight is 201 g/mol. The van der Waals surface area contributed by atoms with E-state index >= 15 is 0 Å². The minimum atomic E-state index is -0.419. The van der Waals surface area contributed by atoms with Crippen LogP contribution >= 0.6 is 0 Å². The topological polar surface area (TPSA) is 58.4 Å². The van der Waals surface area contributed by atoms with Gasteiger partial charge in [-0.3, -0.25) is 0 Å². The number of carbonyl (C=O) groups is 1. The molecule has 0 atom stereocenters. The molecule has 0 saturated carbocycles. The van der Waals surface area contributed by atoms with Crippen LogP contribution in [0.3, 0.4) is 0 Å². The molecule has 0 aliphatic rings. The van der Waals surface area contributed by atoms with Crippen molar-refractivity contribution in [1.29, 1.82) is 0 Å². The third-order valence-corrected chi connectivity index (χ3v) is 2.08. The van der Waals surface area contributed by atoms with Gasteiger partial charge in [0.15, 0.2) is 0 Å². The van der Waals surface area contributed by atoms with E-state index in [0.717, 1.165) is 6.42 Å². The quantitative estimate of drug-likeness (QED) is 0.579. The molecule has 0 aliphatic heterocycles. The van der Waals surface area contributed by atoms with Crippen LogP contribution in [0.5, 0.6) is 0 Å². The van der Waals surface area contributed by atoms with E-state index in [0.29, 0.717) is 6.54 Å². The van der Waals surface area contributed by atoms with Crippen molar-refractivity contribution in [3.8, 4) is 0 Å². The van der Waals surface area contributed by atoms with Gasteiger partial charge in [0.25, 0.3) is 0 Å². The summed E-state index contributed by atoms with van der Waals surface area (Å²) in [5, 5.41) is 2.59. The molecule has 0 rings (SSSR count). The van der Waals surface area contributed by atoms with Gasteiger partial charge in [-0.05, 0) is 33.5 Å². The van der Waals surface area contributed by atoms with Crippen LogP contribution in [0.25, 0.3) is 0 Å². The molecule has 0 unspecified atom stereocenters. The first-order chi connectivity index (χ1) is 6.63. The molecule has 0 saturated heterocycles. The summed E-state index contributed by atoms with van der Waals surface area (Å²) in [7, 11) is 4.19. The van der Waals surface area contributed by atoms with E-state index in [1.165, 1.54) is 32.2 Å². The van der Waals surface area contributed by atoms with Gasteiger partial charge in [0.2, 0.25) is 0 Å². The van der Waals surface area contributed by atoms with E-state index in [1.54, 1.807) is 0 Å². The van der Waals surface area contributed by atoms with Crippen LogP contribution in [-0.4, -0.2) is 38.1 Å². The molecular formula is C10H23N3O. The molecule has 0 heterocycles. The van der Waals surface area contributed by atoms with E-state index in [2.05, 4.69) is 24.3 Å². The molecule has 0 aromatic carbocycles. The summed E-state index contributed by atoms with van der Waals surface area (Å²) in [4.78, 5) is 12.5. The lowest BCUT2D eigenvalue weighted by molar-refractivity contribution is 0.248. The Morgan fingerprint density at radius 3 is 2.29 bits per heavy atom. The molecule has 0 aromatic rings. The summed E-state index contributed by atoms with van der Waals surface area (Å²) in [6.45, 7) is 1.88. The Kier molecular flexibility index (Phi) is 8.33. The second-order valence-electron chi connectivity index (χ2n) is 3.86. The highest BCUT2D eigenvalue weighted by Crippen LogP contribution is 2.02. The van der Waals surface area contributed by atoms with Crippen LogP contribution < -0.4 is 11.1 Å². The fourth-order valence-corrected chi connectivity index (χ4v) is 1.29. The van der Waals surface area contributed by atoms with Gasteiger partial charge in [-0.2, -0.15) is 0 Å². The number of hydrogen-bond acceptors (Lipinski definition) is 2. The maximum absolute atomic E-state index is 10.3. The molecule has 14 heavy (non-hydrogen) atoms. The van der Waals surface area contributed by atoms with Crippen LogP contribution in [0.15, 0.2) is 0 Å². The lowest BCUT2D eigenvalue weighted by Crippen LogP contribution is -2.29. The van der Waals surface area contributed by atoms with Crippen LogP contribution in [-0.2, 0) is 0 Å². The molecule has 84 valence electrons. The first kappa shape index (κ1) is 13.2. The van der Waals surface area contributed by atoms with Crippen LogP contribution in [0.2, 0.25) is 0 Å². The van der Waals surface area contributed by atoms with Crippen molar-refractivity contribution in [2.45, 2.75) is 32.1 Å². The molecular weight excluding hydrogens is 178 g/mol. The van der Waals surface area contributed by atoms with Gasteiger partial charge in [0.1, 0.15) is 0 Å². The van der Waals surface area contributed by atoms with Gasteiger partial charge >= 0.3 is 6.03 Å². The van der Waals surface area contributed by atoms with Gasteiger partial charge in [0.05, 0.1) is 0 Å². The number of nitrogens with zero attached hydrogens (tertiary/aromatic N) is 1. The number of unbranched alkanes of at least 4 members (excludes halogenated alkanes) is 4. The Balaban J connectivity index is 2.96. The lowest BCUT2D eigenvalue weighted by atomic mass is 10.1. The fourth-order valence-electron chi connectivity index (χ4n) is 1.29. The number of primary amides is 1. The van der Waals surface area contributed by atoms with E-state index in [9.17, 15) is 4.79 Å². The zero-order valence-corrected chi connectivity index (χ0v) is 9.38. The summed E-state index contributed by atoms with van der Waals surface area (Å²) >= 11 is 0. The fraction of sp³-hybridized carbons (Fsp3) is 0.900. The van der Waals surface area contributed by atoms with Crippen molar-refractivity contribution >= 4 is 6.03 Å². The highest BCUT2D eigenvalue weighted by molar-refractivity contribution is 5.71. The first-order valence-electron chi connectivity index (χ1n) is 5.31. The van der Waals surface area contributed by atoms with Crippen molar-refractivity contribution in [2.24, 2.45) is 5.73 Å². The van der Waals surface area contributed by atoms with Gasteiger partial charge in [-0.25, -0.2) is 4.79 Å². The highest BCUT2D eigenvalue weighted by atomic mass is 16.2. The monoisotopic (exact) mass is 201 g/mol. The maximum Gasteiger partial charge on any atom is 0.312 e. The van der Waals surface area contributed by atoms with Crippen molar-refractivity contribution < 1.29 is 4.79 Å². The second-order valence-corrected chi connectivity index (χ2v) is 3.86. The number of amides is 2. The Labute approximate surface area is 86.8 Å². The normalized spacial score (nSPS) is 10.5. The summed E-state index contributed by atoms with van der Waals surface area (Å²) in [5.41, 5.74) is 4.93. The number of carbonyl (C=O) groups excluding carboxylic acids is 1. The molecule has 0 radical (unpaired) electrons. The van der Waals surface area contributed by atoms with Gasteiger partial charge in [-0.15, -0.1) is 0 Å². The molecule has 3 N–H and O–H groups in total. The molecule has 0 fully saturated rings. The standard InChI is InChI=1S/C10H23N3O/c1-13(2)9-7-5-3-4-6-8-12-10(11)14/h3-9H2,1-2H3,(H3,11,12,14). The molecule has 2 amide bonds. The largest absolute Gasteiger partial charge is 0.352 e. The summed E-state index contributed by atoms with van der Waals surface area (Å²) in [5.74, 6) is 0. The lowest BCUT2D eigenvalue weighted by Gasteiger charge is -2.08. The van der Waals surface area contributed by atoms with Gasteiger partial charge in [-0.1, -0.05) is 19.3 Å². The average Bonchev–Trinajstić information content (AvgIpc) is 2.08. The smallest absolute Gasteiger partial charge is 0.312 e. The molecule has 4 heteroatoms. The minimum Gasteiger partial charge on any atom is -0.352 e. The van der Waals surface area contributed by atoms with Crippen molar-refractivity contribution in [1.82, 2.24) is 10.2 Å². The molecule has 0 aromatic heterocycles.